The van der Waals surface area contributed by atoms with Crippen molar-refractivity contribution in [2.24, 2.45) is 0 Å². The van der Waals surface area contributed by atoms with Crippen LogP contribution in [0.5, 0.6) is 0 Å². The van der Waals surface area contributed by atoms with Crippen molar-refractivity contribution < 1.29 is 9.18 Å². The molecule has 1 atom stereocenters. The molecule has 1 aliphatic rings. The minimum atomic E-state index is -0.270. The van der Waals surface area contributed by atoms with Gasteiger partial charge in [-0.05, 0) is 61.2 Å². The average molecular weight is 355 g/mol. The lowest BCUT2D eigenvalue weighted by molar-refractivity contribution is 0.0963. The molecular formula is C20H16ClFN2O. The lowest BCUT2D eigenvalue weighted by atomic mass is 9.81. The quantitative estimate of drug-likeness (QED) is 0.657. The molecule has 0 radical (unpaired) electrons. The smallest absolute Gasteiger partial charge is 0.167 e. The van der Waals surface area contributed by atoms with E-state index in [1.165, 1.54) is 12.1 Å². The molecule has 0 N–H and O–H groups in total. The Labute approximate surface area is 150 Å². The highest BCUT2D eigenvalue weighted by molar-refractivity contribution is 6.30. The number of Topliss-reactive ketones (excluding diaryl/α,β-unsaturated/α-hetero) is 1. The fraction of sp³-hybridized carbons (Fsp3) is 0.200. The molecule has 0 aliphatic heterocycles. The molecule has 1 heterocycles. The second-order valence-corrected chi connectivity index (χ2v) is 6.81. The zero-order valence-electron chi connectivity index (χ0n) is 13.7. The van der Waals surface area contributed by atoms with Crippen LogP contribution in [0.2, 0.25) is 5.02 Å². The van der Waals surface area contributed by atoms with Crippen molar-refractivity contribution >= 4 is 17.4 Å². The van der Waals surface area contributed by atoms with E-state index in [2.05, 4.69) is 5.10 Å². The summed E-state index contributed by atoms with van der Waals surface area (Å²) >= 11 is 5.97. The third kappa shape index (κ3) is 2.87. The fourth-order valence-corrected chi connectivity index (χ4v) is 3.65. The number of nitrogens with zero attached hydrogens (tertiary/aromatic N) is 2. The lowest BCUT2D eigenvalue weighted by Crippen LogP contribution is -2.20. The van der Waals surface area contributed by atoms with Crippen LogP contribution >= 0.6 is 11.6 Å². The van der Waals surface area contributed by atoms with Crippen molar-refractivity contribution in [2.45, 2.75) is 25.7 Å². The van der Waals surface area contributed by atoms with Gasteiger partial charge in [-0.25, -0.2) is 9.07 Å². The minimum Gasteiger partial charge on any atom is -0.294 e. The van der Waals surface area contributed by atoms with Crippen LogP contribution in [0.4, 0.5) is 4.39 Å². The molecule has 0 unspecified atom stereocenters. The molecule has 0 bridgehead atoms. The van der Waals surface area contributed by atoms with Gasteiger partial charge in [-0.1, -0.05) is 23.7 Å². The number of carbonyl (C=O) groups excluding carboxylic acids is 1. The van der Waals surface area contributed by atoms with Gasteiger partial charge in [0, 0.05) is 11.4 Å². The first-order valence-corrected chi connectivity index (χ1v) is 8.54. The minimum absolute atomic E-state index is 0.0303. The number of aryl methyl sites for hydroxylation is 1. The summed E-state index contributed by atoms with van der Waals surface area (Å²) in [5.41, 5.74) is 4.22. The van der Waals surface area contributed by atoms with E-state index in [0.29, 0.717) is 23.4 Å². The van der Waals surface area contributed by atoms with Crippen molar-refractivity contribution in [3.05, 3.63) is 81.9 Å². The Bertz CT molecular complexity index is 945. The van der Waals surface area contributed by atoms with E-state index in [1.54, 1.807) is 12.1 Å². The lowest BCUT2D eigenvalue weighted by Gasteiger charge is -2.23. The molecule has 1 aliphatic carbocycles. The molecule has 1 aromatic heterocycles. The van der Waals surface area contributed by atoms with E-state index in [9.17, 15) is 9.18 Å². The Hall–Kier alpha value is -2.46. The van der Waals surface area contributed by atoms with Gasteiger partial charge in [0.25, 0.3) is 0 Å². The highest BCUT2D eigenvalue weighted by Gasteiger charge is 2.32. The van der Waals surface area contributed by atoms with Crippen molar-refractivity contribution in [1.29, 1.82) is 0 Å². The molecule has 0 spiro atoms. The number of ketones is 1. The Kier molecular flexibility index (Phi) is 3.92. The number of hydrogen-bond donors (Lipinski definition) is 0. The van der Waals surface area contributed by atoms with Gasteiger partial charge < -0.3 is 0 Å². The molecule has 0 saturated carbocycles. The Balaban J connectivity index is 1.78. The van der Waals surface area contributed by atoms with Crippen LogP contribution in [-0.2, 0) is 6.42 Å². The van der Waals surface area contributed by atoms with Crippen molar-refractivity contribution in [3.8, 4) is 5.69 Å². The standard InChI is InChI=1S/C20H16ClFN2O/c1-12-20-18(24(23-12)17-8-4-15(21)5-9-17)10-14(11-19(20)25)13-2-6-16(22)7-3-13/h2-9,14H,10-11H2,1H3/t14-/m1/s1. The maximum atomic E-state index is 13.2. The second-order valence-electron chi connectivity index (χ2n) is 6.38. The molecule has 0 fully saturated rings. The summed E-state index contributed by atoms with van der Waals surface area (Å²) in [7, 11) is 0. The van der Waals surface area contributed by atoms with Gasteiger partial charge in [0.05, 0.1) is 22.6 Å². The van der Waals surface area contributed by atoms with Crippen LogP contribution in [-0.4, -0.2) is 15.6 Å². The van der Waals surface area contributed by atoms with E-state index in [0.717, 1.165) is 22.6 Å². The number of benzene rings is 2. The van der Waals surface area contributed by atoms with Gasteiger partial charge in [-0.3, -0.25) is 4.79 Å². The summed E-state index contributed by atoms with van der Waals surface area (Å²) in [6.45, 7) is 1.86. The maximum Gasteiger partial charge on any atom is 0.167 e. The van der Waals surface area contributed by atoms with Crippen LogP contribution in [0.25, 0.3) is 5.69 Å². The van der Waals surface area contributed by atoms with Crippen LogP contribution in [0, 0.1) is 12.7 Å². The number of hydrogen-bond acceptors (Lipinski definition) is 2. The largest absolute Gasteiger partial charge is 0.294 e. The van der Waals surface area contributed by atoms with Crippen LogP contribution in [0.1, 0.15) is 39.6 Å². The third-order valence-corrected chi connectivity index (χ3v) is 4.97. The highest BCUT2D eigenvalue weighted by Crippen LogP contribution is 2.35. The summed E-state index contributed by atoms with van der Waals surface area (Å²) in [5, 5.41) is 5.23. The number of fused-ring (bicyclic) bond motifs is 1. The van der Waals surface area contributed by atoms with Gasteiger partial charge in [0.2, 0.25) is 0 Å². The summed E-state index contributed by atoms with van der Waals surface area (Å²) in [6.07, 6.45) is 1.11. The Morgan fingerprint density at radius 2 is 1.76 bits per heavy atom. The topological polar surface area (TPSA) is 34.9 Å². The SMILES string of the molecule is Cc1nn(-c2ccc(Cl)cc2)c2c1C(=O)C[C@H](c1ccc(F)cc1)C2. The molecule has 126 valence electrons. The van der Waals surface area contributed by atoms with E-state index in [-0.39, 0.29) is 17.5 Å². The van der Waals surface area contributed by atoms with Gasteiger partial charge in [0.15, 0.2) is 5.78 Å². The number of carbonyl (C=O) groups is 1. The van der Waals surface area contributed by atoms with Crippen molar-refractivity contribution in [3.63, 3.8) is 0 Å². The van der Waals surface area contributed by atoms with E-state index >= 15 is 0 Å². The molecule has 2 aromatic carbocycles. The zero-order chi connectivity index (χ0) is 17.6. The summed E-state index contributed by atoms with van der Waals surface area (Å²) in [6, 6.07) is 13.8. The molecule has 25 heavy (non-hydrogen) atoms. The van der Waals surface area contributed by atoms with Gasteiger partial charge in [-0.2, -0.15) is 5.10 Å². The molecule has 3 nitrogen and oxygen atoms in total. The van der Waals surface area contributed by atoms with Gasteiger partial charge >= 0.3 is 0 Å². The second kappa shape index (κ2) is 6.12. The van der Waals surface area contributed by atoms with Crippen LogP contribution in [0.15, 0.2) is 48.5 Å². The molecule has 3 aromatic rings. The number of aromatic nitrogens is 2. The zero-order valence-corrected chi connectivity index (χ0v) is 14.4. The van der Waals surface area contributed by atoms with Crippen LogP contribution in [0.3, 0.4) is 0 Å². The van der Waals surface area contributed by atoms with Gasteiger partial charge in [0.1, 0.15) is 5.82 Å². The van der Waals surface area contributed by atoms with E-state index in [4.69, 9.17) is 11.6 Å². The predicted octanol–water partition coefficient (Wildman–Crippen LogP) is 4.89. The number of halogens is 2. The summed E-state index contributed by atoms with van der Waals surface area (Å²) in [4.78, 5) is 12.7. The Morgan fingerprint density at radius 3 is 2.44 bits per heavy atom. The predicted molar refractivity (Wildman–Crippen MR) is 95.1 cm³/mol. The van der Waals surface area contributed by atoms with E-state index in [1.807, 2.05) is 35.9 Å². The summed E-state index contributed by atoms with van der Waals surface area (Å²) in [5.74, 6) is -0.148. The first-order valence-electron chi connectivity index (χ1n) is 8.16. The number of rotatable bonds is 2. The monoisotopic (exact) mass is 354 g/mol. The Morgan fingerprint density at radius 1 is 1.08 bits per heavy atom. The highest BCUT2D eigenvalue weighted by atomic mass is 35.5. The van der Waals surface area contributed by atoms with Crippen molar-refractivity contribution in [1.82, 2.24) is 9.78 Å². The molecular weight excluding hydrogens is 339 g/mol. The van der Waals surface area contributed by atoms with Gasteiger partial charge in [-0.15, -0.1) is 0 Å². The summed E-state index contributed by atoms with van der Waals surface area (Å²) < 4.78 is 15.0. The fourth-order valence-electron chi connectivity index (χ4n) is 3.52. The normalized spacial score (nSPS) is 16.8. The first kappa shape index (κ1) is 16.0. The maximum absolute atomic E-state index is 13.2. The molecule has 0 amide bonds. The third-order valence-electron chi connectivity index (χ3n) is 4.72. The molecule has 4 rings (SSSR count). The average Bonchev–Trinajstić information content (AvgIpc) is 2.93. The van der Waals surface area contributed by atoms with Crippen LogP contribution < -0.4 is 0 Å². The molecule has 5 heteroatoms. The first-order chi connectivity index (χ1) is 12.0. The molecule has 0 saturated heterocycles. The van der Waals surface area contributed by atoms with E-state index < -0.39 is 0 Å². The van der Waals surface area contributed by atoms with Crippen molar-refractivity contribution in [2.75, 3.05) is 0 Å².